The van der Waals surface area contributed by atoms with E-state index in [4.69, 9.17) is 10.3 Å². The molecule has 3 rings (SSSR count). The second-order valence-corrected chi connectivity index (χ2v) is 7.33. The number of carbonyl (C=O) groups is 1. The molecule has 0 aliphatic heterocycles. The number of carbonyl (C=O) groups excluding carboxylic acids is 1. The molecule has 146 valence electrons. The molecule has 0 bridgehead atoms. The van der Waals surface area contributed by atoms with Crippen molar-refractivity contribution in [2.75, 3.05) is 21.7 Å². The largest absolute Gasteiger partial charge is 0.384 e. The van der Waals surface area contributed by atoms with Crippen LogP contribution in [0.15, 0.2) is 40.9 Å². The standard InChI is InChI=1S/C19H23N7O2/c1-11-21-15(20)10-16(22-11)23-12-5-7-13(8-6-12)24-18(27)25-17-9-14(28-26-17)19(2,3)4/h5-10H,1-4H3,(H3,20,21,22,23)(H2,24,25,26,27). The van der Waals surface area contributed by atoms with Crippen LogP contribution in [-0.2, 0) is 5.41 Å². The van der Waals surface area contributed by atoms with Gasteiger partial charge in [0.2, 0.25) is 0 Å². The van der Waals surface area contributed by atoms with Crippen LogP contribution in [0.4, 0.5) is 33.6 Å². The highest BCUT2D eigenvalue weighted by atomic mass is 16.5. The van der Waals surface area contributed by atoms with Crippen LogP contribution >= 0.6 is 0 Å². The van der Waals surface area contributed by atoms with Gasteiger partial charge in [-0.05, 0) is 31.2 Å². The van der Waals surface area contributed by atoms with Crippen LogP contribution in [0.2, 0.25) is 0 Å². The van der Waals surface area contributed by atoms with Gasteiger partial charge in [-0.1, -0.05) is 25.9 Å². The summed E-state index contributed by atoms with van der Waals surface area (Å²) >= 11 is 0. The van der Waals surface area contributed by atoms with E-state index in [0.717, 1.165) is 5.69 Å². The van der Waals surface area contributed by atoms with Crippen molar-refractivity contribution < 1.29 is 9.32 Å². The van der Waals surface area contributed by atoms with Crippen LogP contribution in [0.5, 0.6) is 0 Å². The maximum atomic E-state index is 12.1. The number of nitrogens with one attached hydrogen (secondary N) is 3. The summed E-state index contributed by atoms with van der Waals surface area (Å²) in [6.45, 7) is 7.78. The fraction of sp³-hybridized carbons (Fsp3) is 0.263. The van der Waals surface area contributed by atoms with E-state index in [1.807, 2.05) is 32.9 Å². The number of hydrogen-bond acceptors (Lipinski definition) is 7. The minimum absolute atomic E-state index is 0.181. The highest BCUT2D eigenvalue weighted by Crippen LogP contribution is 2.24. The molecule has 0 radical (unpaired) electrons. The molecule has 0 aliphatic rings. The highest BCUT2D eigenvalue weighted by Gasteiger charge is 2.20. The fourth-order valence-electron chi connectivity index (χ4n) is 2.41. The van der Waals surface area contributed by atoms with Crippen molar-refractivity contribution in [3.8, 4) is 0 Å². The van der Waals surface area contributed by atoms with Crippen LogP contribution < -0.4 is 21.7 Å². The Balaban J connectivity index is 1.59. The molecule has 9 heteroatoms. The maximum Gasteiger partial charge on any atom is 0.324 e. The molecule has 0 unspecified atom stereocenters. The first-order chi connectivity index (χ1) is 13.2. The zero-order chi connectivity index (χ0) is 20.3. The Hall–Kier alpha value is -3.62. The molecule has 2 heterocycles. The zero-order valence-corrected chi connectivity index (χ0v) is 16.2. The monoisotopic (exact) mass is 381 g/mol. The first-order valence-corrected chi connectivity index (χ1v) is 8.72. The van der Waals surface area contributed by atoms with Gasteiger partial charge in [0.05, 0.1) is 0 Å². The van der Waals surface area contributed by atoms with Crippen molar-refractivity contribution in [1.82, 2.24) is 15.1 Å². The van der Waals surface area contributed by atoms with Gasteiger partial charge < -0.3 is 20.9 Å². The molecule has 9 nitrogen and oxygen atoms in total. The lowest BCUT2D eigenvalue weighted by Gasteiger charge is -2.12. The second-order valence-electron chi connectivity index (χ2n) is 7.33. The zero-order valence-electron chi connectivity index (χ0n) is 16.2. The predicted molar refractivity (Wildman–Crippen MR) is 109 cm³/mol. The first-order valence-electron chi connectivity index (χ1n) is 8.72. The number of anilines is 5. The Labute approximate surface area is 162 Å². The third-order valence-corrected chi connectivity index (χ3v) is 3.76. The predicted octanol–water partition coefficient (Wildman–Crippen LogP) is 4.04. The van der Waals surface area contributed by atoms with Crippen LogP contribution in [0, 0.1) is 6.92 Å². The van der Waals surface area contributed by atoms with Gasteiger partial charge in [0.1, 0.15) is 23.2 Å². The number of benzene rings is 1. The van der Waals surface area contributed by atoms with Crippen molar-refractivity contribution in [1.29, 1.82) is 0 Å². The van der Waals surface area contributed by atoms with Gasteiger partial charge in [-0.25, -0.2) is 14.8 Å². The highest BCUT2D eigenvalue weighted by molar-refractivity contribution is 5.99. The number of aromatic nitrogens is 3. The summed E-state index contributed by atoms with van der Waals surface area (Å²) in [5.74, 6) is 2.63. The summed E-state index contributed by atoms with van der Waals surface area (Å²) in [6, 6.07) is 10.1. The van der Waals surface area contributed by atoms with Gasteiger partial charge in [0.15, 0.2) is 5.82 Å². The molecular formula is C19H23N7O2. The van der Waals surface area contributed by atoms with E-state index in [1.54, 1.807) is 31.2 Å². The molecule has 5 N–H and O–H groups in total. The summed E-state index contributed by atoms with van der Waals surface area (Å²) in [5, 5.41) is 12.4. The summed E-state index contributed by atoms with van der Waals surface area (Å²) < 4.78 is 5.25. The van der Waals surface area contributed by atoms with E-state index in [-0.39, 0.29) is 5.41 Å². The summed E-state index contributed by atoms with van der Waals surface area (Å²) in [4.78, 5) is 20.4. The topological polar surface area (TPSA) is 131 Å². The number of amides is 2. The average Bonchev–Trinajstić information content (AvgIpc) is 3.04. The molecular weight excluding hydrogens is 358 g/mol. The number of aryl methyl sites for hydroxylation is 1. The van der Waals surface area contributed by atoms with E-state index in [1.165, 1.54) is 0 Å². The van der Waals surface area contributed by atoms with E-state index in [9.17, 15) is 4.79 Å². The number of nitrogens with two attached hydrogens (primary N) is 1. The van der Waals surface area contributed by atoms with Gasteiger partial charge in [0, 0.05) is 28.9 Å². The SMILES string of the molecule is Cc1nc(N)cc(Nc2ccc(NC(=O)Nc3cc(C(C)(C)C)on3)cc2)n1. The van der Waals surface area contributed by atoms with Crippen LogP contribution in [0.3, 0.4) is 0 Å². The normalized spacial score (nSPS) is 11.1. The number of urea groups is 1. The minimum Gasteiger partial charge on any atom is -0.384 e. The third kappa shape index (κ3) is 4.97. The van der Waals surface area contributed by atoms with Crippen LogP contribution in [0.1, 0.15) is 32.4 Å². The quantitative estimate of drug-likeness (QED) is 0.536. The Morgan fingerprint density at radius 1 is 1.00 bits per heavy atom. The maximum absolute atomic E-state index is 12.1. The smallest absolute Gasteiger partial charge is 0.324 e. The second kappa shape index (κ2) is 7.55. The summed E-state index contributed by atoms with van der Waals surface area (Å²) in [5.41, 5.74) is 6.97. The summed E-state index contributed by atoms with van der Waals surface area (Å²) in [6.07, 6.45) is 0. The number of rotatable bonds is 4. The van der Waals surface area contributed by atoms with Crippen molar-refractivity contribution in [3.05, 3.63) is 48.0 Å². The molecule has 2 amide bonds. The molecule has 0 fully saturated rings. The molecule has 3 aromatic rings. The molecule has 28 heavy (non-hydrogen) atoms. The molecule has 0 saturated carbocycles. The van der Waals surface area contributed by atoms with Crippen molar-refractivity contribution >= 4 is 34.9 Å². The van der Waals surface area contributed by atoms with E-state index < -0.39 is 6.03 Å². The Kier molecular flexibility index (Phi) is 5.16. The first kappa shape index (κ1) is 19.2. The molecule has 0 spiro atoms. The van der Waals surface area contributed by atoms with Crippen molar-refractivity contribution in [2.24, 2.45) is 0 Å². The fourth-order valence-corrected chi connectivity index (χ4v) is 2.41. The van der Waals surface area contributed by atoms with Crippen molar-refractivity contribution in [3.63, 3.8) is 0 Å². The average molecular weight is 381 g/mol. The minimum atomic E-state index is -0.409. The Morgan fingerprint density at radius 2 is 1.68 bits per heavy atom. The molecule has 0 aliphatic carbocycles. The number of hydrogen-bond donors (Lipinski definition) is 4. The lowest BCUT2D eigenvalue weighted by molar-refractivity contribution is 0.262. The molecule has 2 aromatic heterocycles. The third-order valence-electron chi connectivity index (χ3n) is 3.76. The summed E-state index contributed by atoms with van der Waals surface area (Å²) in [7, 11) is 0. The van der Waals surface area contributed by atoms with E-state index >= 15 is 0 Å². The Bertz CT molecular complexity index is 954. The van der Waals surface area contributed by atoms with Gasteiger partial charge in [-0.15, -0.1) is 0 Å². The van der Waals surface area contributed by atoms with Gasteiger partial charge >= 0.3 is 6.03 Å². The molecule has 0 saturated heterocycles. The van der Waals surface area contributed by atoms with Crippen molar-refractivity contribution in [2.45, 2.75) is 33.1 Å². The van der Waals surface area contributed by atoms with E-state index in [2.05, 4.69) is 31.1 Å². The number of nitrogen functional groups attached to an aromatic ring is 1. The van der Waals surface area contributed by atoms with Gasteiger partial charge in [-0.3, -0.25) is 5.32 Å². The lowest BCUT2D eigenvalue weighted by Crippen LogP contribution is -2.19. The molecule has 1 aromatic carbocycles. The van der Waals surface area contributed by atoms with Crippen LogP contribution in [-0.4, -0.2) is 21.2 Å². The van der Waals surface area contributed by atoms with Crippen LogP contribution in [0.25, 0.3) is 0 Å². The van der Waals surface area contributed by atoms with Gasteiger partial charge in [0.25, 0.3) is 0 Å². The number of nitrogens with zero attached hydrogens (tertiary/aromatic N) is 3. The van der Waals surface area contributed by atoms with Gasteiger partial charge in [-0.2, -0.15) is 0 Å². The van der Waals surface area contributed by atoms with E-state index in [0.29, 0.717) is 34.7 Å². The molecule has 0 atom stereocenters. The Morgan fingerprint density at radius 3 is 2.29 bits per heavy atom. The lowest BCUT2D eigenvalue weighted by atomic mass is 9.93.